The van der Waals surface area contributed by atoms with Crippen LogP contribution in [0.3, 0.4) is 0 Å². The van der Waals surface area contributed by atoms with Crippen molar-refractivity contribution in [2.45, 2.75) is 32.5 Å². The molecule has 12 nitrogen and oxygen atoms in total. The minimum Gasteiger partial charge on any atom is -0.432 e. The van der Waals surface area contributed by atoms with Gasteiger partial charge in [0.1, 0.15) is 24.9 Å². The third-order valence-corrected chi connectivity index (χ3v) is 1.76. The molecule has 0 aliphatic heterocycles. The third-order valence-electron chi connectivity index (χ3n) is 1.76. The van der Waals surface area contributed by atoms with Gasteiger partial charge in [-0.15, -0.1) is 0 Å². The first-order valence-electron chi connectivity index (χ1n) is 6.19. The van der Waals surface area contributed by atoms with Gasteiger partial charge < -0.3 is 14.2 Å². The maximum atomic E-state index is 11.2. The first-order chi connectivity index (χ1) is 10.1. The highest BCUT2D eigenvalue weighted by Crippen LogP contribution is 2.07. The number of hydrogen-bond acceptors (Lipinski definition) is 12. The minimum atomic E-state index is -1.07. The highest BCUT2D eigenvalue weighted by Gasteiger charge is 2.18. The first kappa shape index (κ1) is 20.9. The van der Waals surface area contributed by atoms with Crippen molar-refractivity contribution in [1.82, 2.24) is 10.8 Å². The molecule has 0 saturated heterocycles. The smallest absolute Gasteiger partial charge is 0.432 e. The van der Waals surface area contributed by atoms with E-state index in [1.165, 1.54) is 0 Å². The molecule has 0 aromatic carbocycles. The highest BCUT2D eigenvalue weighted by molar-refractivity contribution is 5.60. The van der Waals surface area contributed by atoms with Crippen molar-refractivity contribution < 1.29 is 49.5 Å². The Morgan fingerprint density at radius 2 is 1.68 bits per heavy atom. The van der Waals surface area contributed by atoms with Gasteiger partial charge in [-0.2, -0.15) is 0 Å². The Morgan fingerprint density at radius 3 is 2.18 bits per heavy atom. The molecule has 0 heterocycles. The minimum absolute atomic E-state index is 0.0298. The van der Waals surface area contributed by atoms with E-state index in [0.717, 1.165) is 0 Å². The highest BCUT2D eigenvalue weighted by atomic mass is 17.1. The lowest BCUT2D eigenvalue weighted by Crippen LogP contribution is -2.34. The van der Waals surface area contributed by atoms with Gasteiger partial charge in [-0.25, -0.2) is 14.5 Å². The SMILES string of the molecule is CC(C)(C)OC(=O)OCCOC[C@H](CON(O)O)ON(O)O. The van der Waals surface area contributed by atoms with Gasteiger partial charge in [-0.1, -0.05) is 0 Å². The Bertz CT molecular complexity index is 307. The second kappa shape index (κ2) is 10.6. The van der Waals surface area contributed by atoms with Crippen molar-refractivity contribution in [2.24, 2.45) is 0 Å². The number of ether oxygens (including phenoxy) is 3. The third kappa shape index (κ3) is 13.9. The van der Waals surface area contributed by atoms with Gasteiger partial charge in [0.15, 0.2) is 0 Å². The molecule has 0 rings (SSSR count). The van der Waals surface area contributed by atoms with Gasteiger partial charge in [0.25, 0.3) is 0 Å². The van der Waals surface area contributed by atoms with Crippen LogP contribution < -0.4 is 0 Å². The predicted octanol–water partition coefficient (Wildman–Crippen LogP) is 0.347. The van der Waals surface area contributed by atoms with Crippen LogP contribution in [0.4, 0.5) is 4.79 Å². The second-order valence-corrected chi connectivity index (χ2v) is 4.92. The molecule has 0 aliphatic carbocycles. The van der Waals surface area contributed by atoms with E-state index in [4.69, 9.17) is 35.0 Å². The van der Waals surface area contributed by atoms with Crippen LogP contribution in [0.5, 0.6) is 0 Å². The Kier molecular flexibility index (Phi) is 10.1. The summed E-state index contributed by atoms with van der Waals surface area (Å²) in [5.41, 5.74) is -0.666. The molecule has 132 valence electrons. The Labute approximate surface area is 126 Å². The van der Waals surface area contributed by atoms with Crippen LogP contribution in [0.25, 0.3) is 0 Å². The van der Waals surface area contributed by atoms with Crippen molar-refractivity contribution >= 4 is 6.16 Å². The molecule has 0 bridgehead atoms. The summed E-state index contributed by atoms with van der Waals surface area (Å²) in [6.45, 7) is 4.25. The summed E-state index contributed by atoms with van der Waals surface area (Å²) < 4.78 is 14.7. The maximum Gasteiger partial charge on any atom is 0.508 e. The molecule has 4 N–H and O–H groups in total. The first-order valence-corrected chi connectivity index (χ1v) is 6.19. The molecule has 22 heavy (non-hydrogen) atoms. The molecule has 12 heteroatoms. The van der Waals surface area contributed by atoms with Crippen LogP contribution >= 0.6 is 0 Å². The molecular weight excluding hydrogens is 308 g/mol. The molecule has 0 spiro atoms. The van der Waals surface area contributed by atoms with Crippen molar-refractivity contribution in [1.29, 1.82) is 0 Å². The predicted molar refractivity (Wildman–Crippen MR) is 64.7 cm³/mol. The molecule has 0 aromatic rings. The Balaban J connectivity index is 3.85. The fraction of sp³-hybridized carbons (Fsp3) is 0.900. The van der Waals surface area contributed by atoms with Crippen LogP contribution in [0.15, 0.2) is 0 Å². The van der Waals surface area contributed by atoms with Gasteiger partial charge in [-0.05, 0) is 20.8 Å². The summed E-state index contributed by atoms with van der Waals surface area (Å²) in [6, 6.07) is 0. The van der Waals surface area contributed by atoms with Gasteiger partial charge in [0.05, 0.1) is 24.0 Å². The average molecular weight is 330 g/mol. The van der Waals surface area contributed by atoms with Gasteiger partial charge >= 0.3 is 6.16 Å². The number of hydrogen-bond donors (Lipinski definition) is 4. The number of carbonyl (C=O) groups excluding carboxylic acids is 1. The topological polar surface area (TPSA) is 151 Å². The largest absolute Gasteiger partial charge is 0.508 e. The number of nitrogens with zero attached hydrogens (tertiary/aromatic N) is 2. The Hall–Kier alpha value is -1.09. The van der Waals surface area contributed by atoms with Crippen molar-refractivity contribution in [3.63, 3.8) is 0 Å². The standard InChI is InChI=1S/C10H22N2O10/c1-10(2,3)21-9(13)19-5-4-18-6-8(22-12(16)17)7-20-11(14)15/h8,14-17H,4-7H2,1-3H3/t8-/m1/s1. The number of rotatable bonds is 10. The maximum absolute atomic E-state index is 11.2. The Morgan fingerprint density at radius 1 is 1.05 bits per heavy atom. The molecule has 0 fully saturated rings. The molecule has 0 aliphatic rings. The van der Waals surface area contributed by atoms with Crippen LogP contribution in [0.1, 0.15) is 20.8 Å². The zero-order valence-corrected chi connectivity index (χ0v) is 12.5. The molecule has 0 radical (unpaired) electrons. The quantitative estimate of drug-likeness (QED) is 0.248. The van der Waals surface area contributed by atoms with Gasteiger partial charge in [0.2, 0.25) is 0 Å². The van der Waals surface area contributed by atoms with E-state index in [0.29, 0.717) is 0 Å². The van der Waals surface area contributed by atoms with Crippen molar-refractivity contribution in [3.8, 4) is 0 Å². The molecule has 0 amide bonds. The average Bonchev–Trinajstić information content (AvgIpc) is 2.32. The van der Waals surface area contributed by atoms with Crippen molar-refractivity contribution in [3.05, 3.63) is 0 Å². The van der Waals surface area contributed by atoms with Gasteiger partial charge in [-0.3, -0.25) is 20.8 Å². The zero-order valence-electron chi connectivity index (χ0n) is 12.5. The van der Waals surface area contributed by atoms with E-state index in [1.807, 2.05) is 0 Å². The molecule has 0 unspecified atom stereocenters. The molecular formula is C10H22N2O10. The van der Waals surface area contributed by atoms with E-state index >= 15 is 0 Å². The fourth-order valence-corrected chi connectivity index (χ4v) is 1.07. The summed E-state index contributed by atoms with van der Waals surface area (Å²) in [4.78, 5) is 19.8. The lowest BCUT2D eigenvalue weighted by molar-refractivity contribution is -0.528. The molecule has 0 aromatic heterocycles. The summed E-state index contributed by atoms with van der Waals surface area (Å²) in [5.74, 6) is 0. The van der Waals surface area contributed by atoms with Crippen LogP contribution in [-0.2, 0) is 23.9 Å². The van der Waals surface area contributed by atoms with Gasteiger partial charge in [0, 0.05) is 0 Å². The fourth-order valence-electron chi connectivity index (χ4n) is 1.07. The van der Waals surface area contributed by atoms with Crippen LogP contribution in [0, 0.1) is 0 Å². The van der Waals surface area contributed by atoms with E-state index < -0.39 is 35.2 Å². The lowest BCUT2D eigenvalue weighted by atomic mass is 10.2. The zero-order chi connectivity index (χ0) is 17.2. The monoisotopic (exact) mass is 330 g/mol. The van der Waals surface area contributed by atoms with E-state index in [9.17, 15) is 4.79 Å². The van der Waals surface area contributed by atoms with Crippen LogP contribution in [-0.4, -0.2) is 75.9 Å². The van der Waals surface area contributed by atoms with Crippen molar-refractivity contribution in [2.75, 3.05) is 26.4 Å². The number of carbonyl (C=O) groups is 1. The van der Waals surface area contributed by atoms with E-state index in [2.05, 4.69) is 9.68 Å². The summed E-state index contributed by atoms with van der Waals surface area (Å²) in [5, 5.41) is 32.6. The molecule has 1 atom stereocenters. The summed E-state index contributed by atoms with van der Waals surface area (Å²) in [6.07, 6.45) is -1.92. The lowest BCUT2D eigenvalue weighted by Gasteiger charge is -2.20. The molecule has 0 saturated carbocycles. The second-order valence-electron chi connectivity index (χ2n) is 4.92. The summed E-state index contributed by atoms with van der Waals surface area (Å²) in [7, 11) is 0. The summed E-state index contributed by atoms with van der Waals surface area (Å²) >= 11 is 0. The van der Waals surface area contributed by atoms with Crippen LogP contribution in [0.2, 0.25) is 0 Å². The van der Waals surface area contributed by atoms with E-state index in [1.54, 1.807) is 20.8 Å². The van der Waals surface area contributed by atoms with E-state index in [-0.39, 0.29) is 19.8 Å². The normalized spacial score (nSPS) is 13.5.